The van der Waals surface area contributed by atoms with Gasteiger partial charge in [0.05, 0.1) is 24.8 Å². The van der Waals surface area contributed by atoms with E-state index < -0.39 is 0 Å². The summed E-state index contributed by atoms with van der Waals surface area (Å²) in [7, 11) is 1.64. The lowest BCUT2D eigenvalue weighted by atomic mass is 10.0. The Morgan fingerprint density at radius 1 is 1.19 bits per heavy atom. The quantitative estimate of drug-likeness (QED) is 0.525. The van der Waals surface area contributed by atoms with E-state index in [1.54, 1.807) is 18.4 Å². The summed E-state index contributed by atoms with van der Waals surface area (Å²) in [5.41, 5.74) is 1.82. The van der Waals surface area contributed by atoms with Crippen LogP contribution in [0.5, 0.6) is 5.75 Å². The molecule has 9 heteroatoms. The largest absolute Gasteiger partial charge is 0.497 e. The number of hydrazone groups is 1. The van der Waals surface area contributed by atoms with E-state index in [0.717, 1.165) is 59.6 Å². The minimum absolute atomic E-state index is 0.0779. The van der Waals surface area contributed by atoms with Crippen molar-refractivity contribution in [2.75, 3.05) is 12.9 Å². The van der Waals surface area contributed by atoms with E-state index in [0.29, 0.717) is 6.42 Å². The molecule has 0 bridgehead atoms. The lowest BCUT2D eigenvalue weighted by molar-refractivity contribution is -0.130. The number of ether oxygens (including phenoxy) is 1. The highest BCUT2D eigenvalue weighted by Crippen LogP contribution is 2.34. The van der Waals surface area contributed by atoms with Gasteiger partial charge in [-0.1, -0.05) is 18.2 Å². The van der Waals surface area contributed by atoms with Crippen LogP contribution in [-0.4, -0.2) is 44.3 Å². The van der Waals surface area contributed by atoms with Gasteiger partial charge < -0.3 is 13.7 Å². The van der Waals surface area contributed by atoms with E-state index >= 15 is 0 Å². The van der Waals surface area contributed by atoms with Crippen LogP contribution in [0.1, 0.15) is 48.9 Å². The molecule has 5 rings (SSSR count). The van der Waals surface area contributed by atoms with Gasteiger partial charge in [0, 0.05) is 19.4 Å². The molecule has 0 unspecified atom stereocenters. The van der Waals surface area contributed by atoms with Gasteiger partial charge in [0.15, 0.2) is 5.16 Å². The van der Waals surface area contributed by atoms with Crippen LogP contribution >= 0.6 is 11.8 Å². The number of furan rings is 1. The molecule has 1 atom stereocenters. The smallest absolute Gasteiger partial charge is 0.253 e. The Morgan fingerprint density at radius 3 is 2.84 bits per heavy atom. The number of rotatable bonds is 6. The van der Waals surface area contributed by atoms with Crippen molar-refractivity contribution in [3.63, 3.8) is 0 Å². The van der Waals surface area contributed by atoms with Gasteiger partial charge in [-0.15, -0.1) is 10.2 Å². The molecule has 0 saturated carbocycles. The number of carbonyl (C=O) groups is 1. The first-order chi connectivity index (χ1) is 15.7. The molecule has 0 spiro atoms. The zero-order chi connectivity index (χ0) is 21.9. The predicted octanol–water partition coefficient (Wildman–Crippen LogP) is 4.08. The van der Waals surface area contributed by atoms with Crippen molar-refractivity contribution in [1.29, 1.82) is 0 Å². The molecule has 2 aromatic heterocycles. The van der Waals surface area contributed by atoms with E-state index in [-0.39, 0.29) is 17.7 Å². The lowest BCUT2D eigenvalue weighted by Crippen LogP contribution is -2.28. The number of benzene rings is 1. The first-order valence-corrected chi connectivity index (χ1v) is 11.8. The summed E-state index contributed by atoms with van der Waals surface area (Å²) in [4.78, 5) is 13.2. The van der Waals surface area contributed by atoms with Gasteiger partial charge in [-0.05, 0) is 54.8 Å². The Kier molecular flexibility index (Phi) is 5.98. The van der Waals surface area contributed by atoms with E-state index in [4.69, 9.17) is 14.3 Å². The van der Waals surface area contributed by atoms with Crippen molar-refractivity contribution in [1.82, 2.24) is 19.8 Å². The molecular weight excluding hydrogens is 426 g/mol. The number of carbonyl (C=O) groups excluding carboxylic acids is 1. The van der Waals surface area contributed by atoms with Crippen molar-refractivity contribution < 1.29 is 13.9 Å². The van der Waals surface area contributed by atoms with Crippen molar-refractivity contribution in [3.05, 3.63) is 59.8 Å². The SMILES string of the molecule is COc1ccc(C2=NN(C(=O)CSc3nnc4n3CCCCC4)[C@H](c3ccco3)C2)cc1. The molecule has 3 aromatic rings. The zero-order valence-corrected chi connectivity index (χ0v) is 18.8. The van der Waals surface area contributed by atoms with E-state index in [1.807, 2.05) is 36.4 Å². The molecule has 4 heterocycles. The number of hydrogen-bond acceptors (Lipinski definition) is 7. The molecule has 1 aromatic carbocycles. The minimum Gasteiger partial charge on any atom is -0.497 e. The first kappa shape index (κ1) is 20.8. The van der Waals surface area contributed by atoms with Crippen molar-refractivity contribution in [2.24, 2.45) is 5.10 Å². The number of thioether (sulfide) groups is 1. The van der Waals surface area contributed by atoms with Gasteiger partial charge in [-0.2, -0.15) is 5.10 Å². The Balaban J connectivity index is 1.34. The van der Waals surface area contributed by atoms with Crippen LogP contribution in [0.25, 0.3) is 0 Å². The van der Waals surface area contributed by atoms with Gasteiger partial charge in [0.1, 0.15) is 23.4 Å². The number of methoxy groups -OCH3 is 1. The highest BCUT2D eigenvalue weighted by atomic mass is 32.2. The number of fused-ring (bicyclic) bond motifs is 1. The maximum absolute atomic E-state index is 13.2. The molecule has 2 aliphatic rings. The summed E-state index contributed by atoms with van der Waals surface area (Å²) in [6.45, 7) is 0.914. The molecule has 0 aliphatic carbocycles. The summed E-state index contributed by atoms with van der Waals surface area (Å²) in [5.74, 6) is 2.70. The minimum atomic E-state index is -0.259. The fraction of sp³-hybridized carbons (Fsp3) is 0.391. The molecule has 0 N–H and O–H groups in total. The Morgan fingerprint density at radius 2 is 2.06 bits per heavy atom. The van der Waals surface area contributed by atoms with Crippen LogP contribution in [0.2, 0.25) is 0 Å². The van der Waals surface area contributed by atoms with Crippen molar-refractivity contribution in [2.45, 2.75) is 49.8 Å². The van der Waals surface area contributed by atoms with E-state index in [2.05, 4.69) is 14.8 Å². The van der Waals surface area contributed by atoms with E-state index in [9.17, 15) is 4.79 Å². The summed E-state index contributed by atoms with van der Waals surface area (Å²) in [6, 6.07) is 11.2. The number of hydrogen-bond donors (Lipinski definition) is 0. The summed E-state index contributed by atoms with van der Waals surface area (Å²) >= 11 is 1.43. The molecule has 32 heavy (non-hydrogen) atoms. The number of aromatic nitrogens is 3. The number of aryl methyl sites for hydroxylation is 1. The van der Waals surface area contributed by atoms with Crippen LogP contribution < -0.4 is 4.74 Å². The van der Waals surface area contributed by atoms with Gasteiger partial charge in [0.25, 0.3) is 5.91 Å². The van der Waals surface area contributed by atoms with Gasteiger partial charge in [-0.3, -0.25) is 4.79 Å². The molecular formula is C23H25N5O3S. The average molecular weight is 452 g/mol. The normalized spacial score (nSPS) is 18.2. The van der Waals surface area contributed by atoms with Gasteiger partial charge in [-0.25, -0.2) is 5.01 Å². The topological polar surface area (TPSA) is 85.8 Å². The third-order valence-corrected chi connectivity index (χ3v) is 6.81. The summed E-state index contributed by atoms with van der Waals surface area (Å²) in [6.07, 6.45) is 6.63. The molecule has 1 amide bonds. The van der Waals surface area contributed by atoms with Crippen LogP contribution in [0.4, 0.5) is 0 Å². The fourth-order valence-corrected chi connectivity index (χ4v) is 4.99. The third kappa shape index (κ3) is 4.17. The second-order valence-electron chi connectivity index (χ2n) is 7.90. The Labute approximate surface area is 190 Å². The Hall–Kier alpha value is -3.07. The van der Waals surface area contributed by atoms with E-state index in [1.165, 1.54) is 18.2 Å². The van der Waals surface area contributed by atoms with Crippen LogP contribution in [0, 0.1) is 0 Å². The summed E-state index contributed by atoms with van der Waals surface area (Å²) in [5, 5.41) is 15.7. The second-order valence-corrected chi connectivity index (χ2v) is 8.84. The number of nitrogens with zero attached hydrogens (tertiary/aromatic N) is 5. The van der Waals surface area contributed by atoms with Gasteiger partial charge >= 0.3 is 0 Å². The maximum Gasteiger partial charge on any atom is 0.253 e. The van der Waals surface area contributed by atoms with Gasteiger partial charge in [0.2, 0.25) is 0 Å². The highest BCUT2D eigenvalue weighted by Gasteiger charge is 2.35. The molecule has 0 radical (unpaired) electrons. The van der Waals surface area contributed by atoms with Crippen LogP contribution in [-0.2, 0) is 17.8 Å². The summed E-state index contributed by atoms with van der Waals surface area (Å²) < 4.78 is 13.0. The first-order valence-electron chi connectivity index (χ1n) is 10.8. The molecule has 2 aliphatic heterocycles. The molecule has 0 fully saturated rings. The third-order valence-electron chi connectivity index (χ3n) is 5.86. The van der Waals surface area contributed by atoms with Crippen molar-refractivity contribution >= 4 is 23.4 Å². The van der Waals surface area contributed by atoms with Crippen molar-refractivity contribution in [3.8, 4) is 5.75 Å². The monoisotopic (exact) mass is 451 g/mol. The fourth-order valence-electron chi connectivity index (χ4n) is 4.16. The van der Waals surface area contributed by atoms with Crippen LogP contribution in [0.15, 0.2) is 57.3 Å². The standard InChI is InChI=1S/C23H25N5O3S/c1-30-17-10-8-16(9-11-17)18-14-19(20-6-5-13-31-20)28(26-18)22(29)15-32-23-25-24-21-7-3-2-4-12-27(21)23/h5-6,8-11,13,19H,2-4,7,12,14-15H2,1H3/t19-/m0/s1. The second kappa shape index (κ2) is 9.20. The molecule has 8 nitrogen and oxygen atoms in total. The number of amides is 1. The predicted molar refractivity (Wildman–Crippen MR) is 121 cm³/mol. The Bertz CT molecular complexity index is 1110. The average Bonchev–Trinajstić information content (AvgIpc) is 3.55. The molecule has 0 saturated heterocycles. The molecule has 166 valence electrons. The zero-order valence-electron chi connectivity index (χ0n) is 17.9. The maximum atomic E-state index is 13.2. The van der Waals surface area contributed by atoms with Crippen LogP contribution in [0.3, 0.4) is 0 Å². The lowest BCUT2D eigenvalue weighted by Gasteiger charge is -2.19. The highest BCUT2D eigenvalue weighted by molar-refractivity contribution is 7.99.